The summed E-state index contributed by atoms with van der Waals surface area (Å²) >= 11 is 1.49. The zero-order chi connectivity index (χ0) is 11.7. The fourth-order valence-electron chi connectivity index (χ4n) is 1.57. The number of rotatable bonds is 2. The average molecular weight is 243 g/mol. The minimum atomic E-state index is 0.572. The fourth-order valence-corrected chi connectivity index (χ4v) is 1.90. The van der Waals surface area contributed by atoms with Crippen LogP contribution in [0.1, 0.15) is 0 Å². The minimum Gasteiger partial charge on any atom is -0.249 e. The summed E-state index contributed by atoms with van der Waals surface area (Å²) in [7, 11) is 0. The smallest absolute Gasteiger partial charge is 0.249 e. The summed E-state index contributed by atoms with van der Waals surface area (Å²) in [6.45, 7) is 0. The number of hydrogen-bond donors (Lipinski definition) is 0. The van der Waals surface area contributed by atoms with E-state index in [2.05, 4.69) is 20.2 Å². The lowest BCUT2D eigenvalue weighted by molar-refractivity contribution is 0.898. The van der Waals surface area contributed by atoms with Crippen LogP contribution in [0.25, 0.3) is 17.2 Å². The van der Waals surface area contributed by atoms with Crippen LogP contribution in [0.4, 0.5) is 0 Å². The summed E-state index contributed by atoms with van der Waals surface area (Å²) in [4.78, 5) is 8.50. The van der Waals surface area contributed by atoms with Gasteiger partial charge < -0.3 is 0 Å². The molecule has 0 unspecified atom stereocenters. The van der Waals surface area contributed by atoms with Gasteiger partial charge in [0.05, 0.1) is 0 Å². The number of fused-ring (bicyclic) bond motifs is 1. The van der Waals surface area contributed by atoms with E-state index in [0.717, 1.165) is 11.4 Å². The first-order valence-corrected chi connectivity index (χ1v) is 6.28. The molecule has 5 nitrogen and oxygen atoms in total. The highest BCUT2D eigenvalue weighted by Gasteiger charge is 2.09. The van der Waals surface area contributed by atoms with Crippen LogP contribution in [-0.2, 0) is 0 Å². The van der Waals surface area contributed by atoms with Gasteiger partial charge in [-0.05, 0) is 6.26 Å². The van der Waals surface area contributed by atoms with Crippen LogP contribution in [0.3, 0.4) is 0 Å². The highest BCUT2D eigenvalue weighted by molar-refractivity contribution is 7.98. The molecule has 2 aromatic heterocycles. The SMILES string of the molecule is CSc1ncn2c(-c3ccccc3)nnc2n1. The molecule has 0 N–H and O–H groups in total. The molecule has 84 valence electrons. The molecule has 2 heterocycles. The lowest BCUT2D eigenvalue weighted by Gasteiger charge is -1.99. The Hall–Kier alpha value is -1.95. The van der Waals surface area contributed by atoms with Crippen LogP contribution >= 0.6 is 11.8 Å². The molecule has 17 heavy (non-hydrogen) atoms. The van der Waals surface area contributed by atoms with Crippen LogP contribution < -0.4 is 0 Å². The van der Waals surface area contributed by atoms with Crippen molar-refractivity contribution in [3.8, 4) is 11.4 Å². The predicted octanol–water partition coefficient (Wildman–Crippen LogP) is 1.91. The van der Waals surface area contributed by atoms with Crippen molar-refractivity contribution < 1.29 is 0 Å². The van der Waals surface area contributed by atoms with Gasteiger partial charge >= 0.3 is 0 Å². The number of hydrogen-bond acceptors (Lipinski definition) is 5. The number of benzene rings is 1. The third-order valence-electron chi connectivity index (χ3n) is 2.37. The Morgan fingerprint density at radius 2 is 1.94 bits per heavy atom. The molecule has 0 aliphatic heterocycles. The van der Waals surface area contributed by atoms with Crippen LogP contribution in [-0.4, -0.2) is 30.8 Å². The molecule has 3 rings (SSSR count). The van der Waals surface area contributed by atoms with E-state index < -0.39 is 0 Å². The van der Waals surface area contributed by atoms with E-state index in [4.69, 9.17) is 0 Å². The van der Waals surface area contributed by atoms with Gasteiger partial charge in [0, 0.05) is 5.56 Å². The number of nitrogens with zero attached hydrogens (tertiary/aromatic N) is 5. The molecule has 0 saturated carbocycles. The topological polar surface area (TPSA) is 56.0 Å². The first-order valence-electron chi connectivity index (χ1n) is 5.05. The van der Waals surface area contributed by atoms with Crippen molar-refractivity contribution in [3.63, 3.8) is 0 Å². The summed E-state index contributed by atoms with van der Waals surface area (Å²) in [5, 5.41) is 8.89. The lowest BCUT2D eigenvalue weighted by Crippen LogP contribution is -1.95. The van der Waals surface area contributed by atoms with Crippen molar-refractivity contribution in [1.29, 1.82) is 0 Å². The monoisotopic (exact) mass is 243 g/mol. The van der Waals surface area contributed by atoms with E-state index in [1.165, 1.54) is 11.8 Å². The van der Waals surface area contributed by atoms with E-state index in [0.29, 0.717) is 10.9 Å². The van der Waals surface area contributed by atoms with Gasteiger partial charge in [0.25, 0.3) is 5.78 Å². The maximum atomic E-state index is 4.28. The second kappa shape index (κ2) is 4.14. The zero-order valence-electron chi connectivity index (χ0n) is 9.11. The molecule has 6 heteroatoms. The van der Waals surface area contributed by atoms with Gasteiger partial charge in [-0.3, -0.25) is 0 Å². The standard InChI is InChI=1S/C11H9N5S/c1-17-11-12-7-16-9(14-15-10(16)13-11)8-5-3-2-4-6-8/h2-7H,1H3. The van der Waals surface area contributed by atoms with Gasteiger partial charge in [-0.15, -0.1) is 10.2 Å². The molecule has 0 saturated heterocycles. The first kappa shape index (κ1) is 10.2. The fraction of sp³-hybridized carbons (Fsp3) is 0.0909. The predicted molar refractivity (Wildman–Crippen MR) is 65.8 cm³/mol. The molecule has 0 bridgehead atoms. The second-order valence-electron chi connectivity index (χ2n) is 3.40. The Labute approximate surface area is 102 Å². The van der Waals surface area contributed by atoms with Gasteiger partial charge in [0.1, 0.15) is 6.33 Å². The Kier molecular flexibility index (Phi) is 2.49. The number of aromatic nitrogens is 5. The van der Waals surface area contributed by atoms with Gasteiger partial charge in [0.2, 0.25) is 0 Å². The summed E-state index contributed by atoms with van der Waals surface area (Å²) in [5.74, 6) is 1.33. The molecule has 0 atom stereocenters. The Morgan fingerprint density at radius 3 is 2.71 bits per heavy atom. The molecule has 0 radical (unpaired) electrons. The maximum absolute atomic E-state index is 4.28. The summed E-state index contributed by atoms with van der Waals surface area (Å²) in [5.41, 5.74) is 1.00. The second-order valence-corrected chi connectivity index (χ2v) is 4.18. The van der Waals surface area contributed by atoms with Crippen LogP contribution in [0, 0.1) is 0 Å². The number of thioether (sulfide) groups is 1. The molecule has 0 amide bonds. The van der Waals surface area contributed by atoms with E-state index >= 15 is 0 Å². The van der Waals surface area contributed by atoms with E-state index in [9.17, 15) is 0 Å². The van der Waals surface area contributed by atoms with Gasteiger partial charge in [-0.25, -0.2) is 9.38 Å². The zero-order valence-corrected chi connectivity index (χ0v) is 9.92. The first-order chi connectivity index (χ1) is 8.38. The van der Waals surface area contributed by atoms with Crippen LogP contribution in [0.2, 0.25) is 0 Å². The third-order valence-corrected chi connectivity index (χ3v) is 2.93. The van der Waals surface area contributed by atoms with E-state index in [-0.39, 0.29) is 0 Å². The molecule has 3 aromatic rings. The van der Waals surface area contributed by atoms with Crippen molar-refractivity contribution in [2.45, 2.75) is 5.16 Å². The van der Waals surface area contributed by atoms with Crippen LogP contribution in [0.5, 0.6) is 0 Å². The Balaban J connectivity index is 2.19. The Bertz CT molecular complexity index is 649. The van der Waals surface area contributed by atoms with Crippen molar-refractivity contribution in [2.24, 2.45) is 0 Å². The molecular weight excluding hydrogens is 234 g/mol. The van der Waals surface area contributed by atoms with Crippen LogP contribution in [0.15, 0.2) is 41.8 Å². The molecule has 0 aliphatic rings. The van der Waals surface area contributed by atoms with Gasteiger partial charge in [0.15, 0.2) is 11.0 Å². The Morgan fingerprint density at radius 1 is 1.12 bits per heavy atom. The van der Waals surface area contributed by atoms with Crippen molar-refractivity contribution in [3.05, 3.63) is 36.7 Å². The maximum Gasteiger partial charge on any atom is 0.259 e. The lowest BCUT2D eigenvalue weighted by atomic mass is 10.2. The molecular formula is C11H9N5S. The highest BCUT2D eigenvalue weighted by atomic mass is 32.2. The molecule has 1 aromatic carbocycles. The molecule has 0 spiro atoms. The van der Waals surface area contributed by atoms with Gasteiger partial charge in [-0.2, -0.15) is 4.98 Å². The third kappa shape index (κ3) is 1.76. The minimum absolute atomic E-state index is 0.572. The van der Waals surface area contributed by atoms with Crippen molar-refractivity contribution in [1.82, 2.24) is 24.6 Å². The van der Waals surface area contributed by atoms with E-state index in [1.807, 2.05) is 36.6 Å². The molecule has 0 aliphatic carbocycles. The quantitative estimate of drug-likeness (QED) is 0.643. The average Bonchev–Trinajstić information content (AvgIpc) is 2.82. The summed E-state index contributed by atoms with van der Waals surface area (Å²) < 4.78 is 1.79. The largest absolute Gasteiger partial charge is 0.259 e. The van der Waals surface area contributed by atoms with Crippen molar-refractivity contribution >= 4 is 17.5 Å². The summed E-state index contributed by atoms with van der Waals surface area (Å²) in [6.07, 6.45) is 3.64. The molecule has 0 fully saturated rings. The van der Waals surface area contributed by atoms with Gasteiger partial charge in [-0.1, -0.05) is 42.1 Å². The summed E-state index contributed by atoms with van der Waals surface area (Å²) in [6, 6.07) is 9.87. The van der Waals surface area contributed by atoms with Crippen molar-refractivity contribution in [2.75, 3.05) is 6.26 Å². The van der Waals surface area contributed by atoms with E-state index in [1.54, 1.807) is 10.7 Å². The highest BCUT2D eigenvalue weighted by Crippen LogP contribution is 2.17. The normalized spacial score (nSPS) is 10.9.